The first-order valence-electron chi connectivity index (χ1n) is 9.96. The van der Waals surface area contributed by atoms with Gasteiger partial charge in [-0.15, -0.1) is 0 Å². The molecule has 0 unspecified atom stereocenters. The SMILES string of the molecule is Cc1cc(C)n(-c2cccc(C(=O)Nc3ccccc3Oc3ccc(C(=O)O)cc3)c2)n1. The van der Waals surface area contributed by atoms with Crippen LogP contribution in [0.5, 0.6) is 11.5 Å². The van der Waals surface area contributed by atoms with Crippen LogP contribution in [0.15, 0.2) is 78.9 Å². The zero-order valence-corrected chi connectivity index (χ0v) is 17.6. The lowest BCUT2D eigenvalue weighted by molar-refractivity contribution is 0.0696. The van der Waals surface area contributed by atoms with Gasteiger partial charge in [0.15, 0.2) is 5.75 Å². The molecule has 7 heteroatoms. The van der Waals surface area contributed by atoms with Gasteiger partial charge in [0.2, 0.25) is 0 Å². The normalized spacial score (nSPS) is 10.6. The number of benzene rings is 3. The average molecular weight is 427 g/mol. The molecule has 0 aliphatic rings. The molecule has 0 fully saturated rings. The summed E-state index contributed by atoms with van der Waals surface area (Å²) in [5, 5.41) is 16.4. The third kappa shape index (κ3) is 4.52. The van der Waals surface area contributed by atoms with Gasteiger partial charge in [0.05, 0.1) is 22.6 Å². The second kappa shape index (κ2) is 8.77. The predicted octanol–water partition coefficient (Wildman–Crippen LogP) is 5.23. The topological polar surface area (TPSA) is 93.5 Å². The number of aryl methyl sites for hydroxylation is 2. The maximum absolute atomic E-state index is 13.0. The van der Waals surface area contributed by atoms with Gasteiger partial charge in [0, 0.05) is 11.3 Å². The molecular formula is C25H21N3O4. The lowest BCUT2D eigenvalue weighted by Crippen LogP contribution is -2.13. The lowest BCUT2D eigenvalue weighted by atomic mass is 10.1. The van der Waals surface area contributed by atoms with E-state index in [0.29, 0.717) is 22.7 Å². The number of para-hydroxylation sites is 2. The van der Waals surface area contributed by atoms with Crippen molar-refractivity contribution in [3.63, 3.8) is 0 Å². The van der Waals surface area contributed by atoms with Gasteiger partial charge in [-0.2, -0.15) is 5.10 Å². The van der Waals surface area contributed by atoms with E-state index in [4.69, 9.17) is 9.84 Å². The number of carboxylic acids is 1. The highest BCUT2D eigenvalue weighted by molar-refractivity contribution is 6.05. The van der Waals surface area contributed by atoms with Gasteiger partial charge < -0.3 is 15.2 Å². The molecule has 0 aliphatic carbocycles. The quantitative estimate of drug-likeness (QED) is 0.439. The van der Waals surface area contributed by atoms with Gasteiger partial charge >= 0.3 is 5.97 Å². The fourth-order valence-corrected chi connectivity index (χ4v) is 3.32. The predicted molar refractivity (Wildman–Crippen MR) is 121 cm³/mol. The monoisotopic (exact) mass is 427 g/mol. The summed E-state index contributed by atoms with van der Waals surface area (Å²) in [4.78, 5) is 24.0. The molecule has 0 atom stereocenters. The van der Waals surface area contributed by atoms with Crippen molar-refractivity contribution in [1.82, 2.24) is 9.78 Å². The van der Waals surface area contributed by atoms with E-state index in [1.54, 1.807) is 53.2 Å². The lowest BCUT2D eigenvalue weighted by Gasteiger charge is -2.13. The van der Waals surface area contributed by atoms with Crippen molar-refractivity contribution in [3.05, 3.63) is 101 Å². The highest BCUT2D eigenvalue weighted by Crippen LogP contribution is 2.30. The molecule has 0 saturated carbocycles. The molecule has 32 heavy (non-hydrogen) atoms. The molecule has 0 spiro atoms. The second-order valence-corrected chi connectivity index (χ2v) is 7.27. The summed E-state index contributed by atoms with van der Waals surface area (Å²) in [6, 6.07) is 22.3. The zero-order chi connectivity index (χ0) is 22.7. The first-order valence-corrected chi connectivity index (χ1v) is 9.96. The van der Waals surface area contributed by atoms with Crippen molar-refractivity contribution < 1.29 is 19.4 Å². The fraction of sp³-hybridized carbons (Fsp3) is 0.0800. The van der Waals surface area contributed by atoms with Crippen molar-refractivity contribution in [3.8, 4) is 17.2 Å². The number of carboxylic acid groups (broad SMARTS) is 1. The number of anilines is 1. The molecule has 4 rings (SSSR count). The molecule has 160 valence electrons. The smallest absolute Gasteiger partial charge is 0.335 e. The Morgan fingerprint density at radius 2 is 1.66 bits per heavy atom. The number of hydrogen-bond acceptors (Lipinski definition) is 4. The molecule has 1 aromatic heterocycles. The molecule has 3 aromatic carbocycles. The van der Waals surface area contributed by atoms with E-state index in [1.807, 2.05) is 32.0 Å². The number of rotatable bonds is 6. The highest BCUT2D eigenvalue weighted by atomic mass is 16.5. The van der Waals surface area contributed by atoms with Gasteiger partial charge in [0.25, 0.3) is 5.91 Å². The Labute approximate surface area is 184 Å². The second-order valence-electron chi connectivity index (χ2n) is 7.27. The fourth-order valence-electron chi connectivity index (χ4n) is 3.32. The van der Waals surface area contributed by atoms with Crippen LogP contribution in [0.25, 0.3) is 5.69 Å². The summed E-state index contributed by atoms with van der Waals surface area (Å²) in [5.74, 6) is -0.389. The number of nitrogens with one attached hydrogen (secondary N) is 1. The van der Waals surface area contributed by atoms with Crippen LogP contribution in [0.4, 0.5) is 5.69 Å². The van der Waals surface area contributed by atoms with Crippen LogP contribution in [-0.4, -0.2) is 26.8 Å². The van der Waals surface area contributed by atoms with Gasteiger partial charge in [-0.1, -0.05) is 18.2 Å². The van der Waals surface area contributed by atoms with Gasteiger partial charge in [-0.05, 0) is 74.5 Å². The van der Waals surface area contributed by atoms with E-state index in [0.717, 1.165) is 17.1 Å². The van der Waals surface area contributed by atoms with Crippen LogP contribution in [-0.2, 0) is 0 Å². The van der Waals surface area contributed by atoms with Crippen molar-refractivity contribution in [2.45, 2.75) is 13.8 Å². The standard InChI is InChI=1S/C25H21N3O4/c1-16-14-17(2)28(27-16)20-7-5-6-19(15-20)24(29)26-22-8-3-4-9-23(22)32-21-12-10-18(11-13-21)25(30)31/h3-15H,1-2H3,(H,26,29)(H,30,31). The Balaban J connectivity index is 1.55. The van der Waals surface area contributed by atoms with Gasteiger partial charge in [0.1, 0.15) is 5.75 Å². The number of carbonyl (C=O) groups is 2. The van der Waals surface area contributed by atoms with Crippen LogP contribution >= 0.6 is 0 Å². The summed E-state index contributed by atoms with van der Waals surface area (Å²) in [6.07, 6.45) is 0. The van der Waals surface area contributed by atoms with Crippen molar-refractivity contribution in [1.29, 1.82) is 0 Å². The summed E-state index contributed by atoms with van der Waals surface area (Å²) in [6.45, 7) is 3.88. The minimum absolute atomic E-state index is 0.168. The van der Waals surface area contributed by atoms with Crippen LogP contribution in [0, 0.1) is 13.8 Å². The molecule has 0 aliphatic heterocycles. The Morgan fingerprint density at radius 1 is 0.906 bits per heavy atom. The highest BCUT2D eigenvalue weighted by Gasteiger charge is 2.13. The van der Waals surface area contributed by atoms with E-state index >= 15 is 0 Å². The molecule has 7 nitrogen and oxygen atoms in total. The Hall–Kier alpha value is -4.39. The minimum atomic E-state index is -1.01. The van der Waals surface area contributed by atoms with Gasteiger partial charge in [-0.3, -0.25) is 4.79 Å². The summed E-state index contributed by atoms with van der Waals surface area (Å²) >= 11 is 0. The number of nitrogens with zero attached hydrogens (tertiary/aromatic N) is 2. The maximum atomic E-state index is 13.0. The first kappa shape index (κ1) is 20.9. The average Bonchev–Trinajstić information content (AvgIpc) is 3.13. The first-order chi connectivity index (χ1) is 15.4. The largest absolute Gasteiger partial charge is 0.478 e. The minimum Gasteiger partial charge on any atom is -0.478 e. The van der Waals surface area contributed by atoms with E-state index in [2.05, 4.69) is 10.4 Å². The van der Waals surface area contributed by atoms with Crippen LogP contribution in [0.1, 0.15) is 32.1 Å². The molecule has 2 N–H and O–H groups in total. The molecule has 1 amide bonds. The number of hydrogen-bond donors (Lipinski definition) is 2. The number of ether oxygens (including phenoxy) is 1. The van der Waals surface area contributed by atoms with Crippen LogP contribution in [0.3, 0.4) is 0 Å². The number of carbonyl (C=O) groups excluding carboxylic acids is 1. The Kier molecular flexibility index (Phi) is 5.72. The van der Waals surface area contributed by atoms with E-state index in [9.17, 15) is 9.59 Å². The molecule has 0 bridgehead atoms. The molecular weight excluding hydrogens is 406 g/mol. The molecule has 1 heterocycles. The number of aromatic nitrogens is 2. The van der Waals surface area contributed by atoms with Crippen LogP contribution in [0.2, 0.25) is 0 Å². The Morgan fingerprint density at radius 3 is 2.34 bits per heavy atom. The third-order valence-electron chi connectivity index (χ3n) is 4.83. The molecule has 4 aromatic rings. The van der Waals surface area contributed by atoms with Gasteiger partial charge in [-0.25, -0.2) is 9.48 Å². The third-order valence-corrected chi connectivity index (χ3v) is 4.83. The van der Waals surface area contributed by atoms with Crippen molar-refractivity contribution in [2.24, 2.45) is 0 Å². The maximum Gasteiger partial charge on any atom is 0.335 e. The zero-order valence-electron chi connectivity index (χ0n) is 17.6. The summed E-state index contributed by atoms with van der Waals surface area (Å²) < 4.78 is 7.67. The van der Waals surface area contributed by atoms with E-state index in [1.165, 1.54) is 12.1 Å². The number of amides is 1. The van der Waals surface area contributed by atoms with Crippen molar-refractivity contribution >= 4 is 17.6 Å². The molecule has 0 radical (unpaired) electrons. The van der Waals surface area contributed by atoms with Crippen molar-refractivity contribution in [2.75, 3.05) is 5.32 Å². The van der Waals surface area contributed by atoms with E-state index in [-0.39, 0.29) is 11.5 Å². The molecule has 0 saturated heterocycles. The van der Waals surface area contributed by atoms with Crippen LogP contribution < -0.4 is 10.1 Å². The Bertz CT molecular complexity index is 1290. The summed E-state index contributed by atoms with van der Waals surface area (Å²) in [5.41, 5.74) is 3.83. The summed E-state index contributed by atoms with van der Waals surface area (Å²) in [7, 11) is 0. The number of aromatic carboxylic acids is 1. The van der Waals surface area contributed by atoms with E-state index < -0.39 is 5.97 Å².